The molecule has 2 aromatic carbocycles. The third-order valence-corrected chi connectivity index (χ3v) is 4.51. The summed E-state index contributed by atoms with van der Waals surface area (Å²) < 4.78 is 16.7. The molecular formula is C18H13ClINO4. The maximum atomic E-state index is 12.2. The zero-order chi connectivity index (χ0) is 18.0. The second-order valence-corrected chi connectivity index (χ2v) is 6.72. The van der Waals surface area contributed by atoms with Crippen molar-refractivity contribution in [3.8, 4) is 11.5 Å². The molecule has 0 bridgehead atoms. The molecule has 128 valence electrons. The van der Waals surface area contributed by atoms with Crippen LogP contribution in [0.25, 0.3) is 6.08 Å². The van der Waals surface area contributed by atoms with Crippen molar-refractivity contribution in [2.45, 2.75) is 0 Å². The molecule has 0 amide bonds. The number of ether oxygens (including phenoxy) is 3. The molecule has 3 rings (SSSR count). The van der Waals surface area contributed by atoms with Crippen LogP contribution < -0.4 is 9.47 Å². The Morgan fingerprint density at radius 1 is 1.16 bits per heavy atom. The van der Waals surface area contributed by atoms with Crippen LogP contribution in [0.4, 0.5) is 0 Å². The van der Waals surface area contributed by atoms with E-state index in [0.717, 1.165) is 3.57 Å². The van der Waals surface area contributed by atoms with Crippen molar-refractivity contribution in [3.63, 3.8) is 0 Å². The molecule has 1 aliphatic rings. The lowest BCUT2D eigenvalue weighted by molar-refractivity contribution is -0.129. The first-order valence-corrected chi connectivity index (χ1v) is 8.67. The highest BCUT2D eigenvalue weighted by atomic mass is 127. The molecule has 0 saturated carbocycles. The number of carbonyl (C=O) groups excluding carboxylic acids is 1. The molecule has 0 atom stereocenters. The fraction of sp³-hybridized carbons (Fsp3) is 0.111. The van der Waals surface area contributed by atoms with Gasteiger partial charge in [-0.15, -0.1) is 0 Å². The zero-order valence-electron chi connectivity index (χ0n) is 13.4. The Balaban J connectivity index is 2.00. The first-order chi connectivity index (χ1) is 12.0. The van der Waals surface area contributed by atoms with E-state index in [1.807, 2.05) is 12.1 Å². The quantitative estimate of drug-likeness (QED) is 0.380. The fourth-order valence-corrected chi connectivity index (χ4v) is 2.96. The summed E-state index contributed by atoms with van der Waals surface area (Å²) in [5, 5.41) is 0.468. The van der Waals surface area contributed by atoms with E-state index in [1.165, 1.54) is 0 Å². The van der Waals surface area contributed by atoms with Gasteiger partial charge in [-0.25, -0.2) is 9.79 Å². The molecule has 5 nitrogen and oxygen atoms in total. The largest absolute Gasteiger partial charge is 0.497 e. The third-order valence-electron chi connectivity index (χ3n) is 3.51. The van der Waals surface area contributed by atoms with Gasteiger partial charge in [-0.2, -0.15) is 0 Å². The second-order valence-electron chi connectivity index (χ2n) is 5.07. The Morgan fingerprint density at radius 2 is 1.96 bits per heavy atom. The number of rotatable bonds is 4. The molecule has 0 spiro atoms. The highest BCUT2D eigenvalue weighted by Crippen LogP contribution is 2.29. The van der Waals surface area contributed by atoms with Crippen LogP contribution >= 0.6 is 34.2 Å². The van der Waals surface area contributed by atoms with E-state index in [-0.39, 0.29) is 11.6 Å². The summed E-state index contributed by atoms with van der Waals surface area (Å²) in [7, 11) is 3.12. The van der Waals surface area contributed by atoms with Gasteiger partial charge >= 0.3 is 5.97 Å². The van der Waals surface area contributed by atoms with Crippen molar-refractivity contribution in [2.24, 2.45) is 4.99 Å². The molecule has 0 aromatic heterocycles. The Bertz CT molecular complexity index is 908. The van der Waals surface area contributed by atoms with Crippen molar-refractivity contribution in [3.05, 3.63) is 61.8 Å². The summed E-state index contributed by atoms with van der Waals surface area (Å²) in [6, 6.07) is 10.7. The summed E-state index contributed by atoms with van der Waals surface area (Å²) in [6.07, 6.45) is 1.61. The number of cyclic esters (lactones) is 1. The zero-order valence-corrected chi connectivity index (χ0v) is 16.3. The van der Waals surface area contributed by atoms with Gasteiger partial charge in [-0.05, 0) is 59.0 Å². The van der Waals surface area contributed by atoms with Crippen molar-refractivity contribution < 1.29 is 19.0 Å². The Kier molecular flexibility index (Phi) is 5.29. The van der Waals surface area contributed by atoms with Gasteiger partial charge in [-0.1, -0.05) is 11.6 Å². The summed E-state index contributed by atoms with van der Waals surface area (Å²) in [6.45, 7) is 0. The predicted octanol–water partition coefficient (Wildman–Crippen LogP) is 4.31. The van der Waals surface area contributed by atoms with Crippen LogP contribution in [0.2, 0.25) is 5.02 Å². The summed E-state index contributed by atoms with van der Waals surface area (Å²) in [5.41, 5.74) is 1.44. The van der Waals surface area contributed by atoms with Gasteiger partial charge in [-0.3, -0.25) is 0 Å². The van der Waals surface area contributed by atoms with Crippen LogP contribution in [0.3, 0.4) is 0 Å². The summed E-state index contributed by atoms with van der Waals surface area (Å²) >= 11 is 8.34. The molecule has 1 aliphatic heterocycles. The predicted molar refractivity (Wildman–Crippen MR) is 104 cm³/mol. The molecule has 0 unspecified atom stereocenters. The van der Waals surface area contributed by atoms with E-state index in [9.17, 15) is 4.79 Å². The van der Waals surface area contributed by atoms with Crippen LogP contribution in [0.5, 0.6) is 11.5 Å². The SMILES string of the molecule is COc1ccc(C=C2N=C(c3cc(I)ccc3Cl)OC2=O)c(OC)c1. The van der Waals surface area contributed by atoms with Crippen LogP contribution in [-0.2, 0) is 9.53 Å². The maximum absolute atomic E-state index is 12.2. The van der Waals surface area contributed by atoms with Crippen LogP contribution in [0.15, 0.2) is 47.1 Å². The minimum absolute atomic E-state index is 0.174. The molecule has 0 saturated heterocycles. The van der Waals surface area contributed by atoms with Gasteiger partial charge in [0.2, 0.25) is 5.90 Å². The van der Waals surface area contributed by atoms with E-state index in [0.29, 0.717) is 27.6 Å². The van der Waals surface area contributed by atoms with Gasteiger partial charge in [0.15, 0.2) is 5.70 Å². The molecular weight excluding hydrogens is 457 g/mol. The van der Waals surface area contributed by atoms with Crippen molar-refractivity contribution in [1.82, 2.24) is 0 Å². The Labute approximate surface area is 163 Å². The first-order valence-electron chi connectivity index (χ1n) is 7.22. The highest BCUT2D eigenvalue weighted by Gasteiger charge is 2.26. The summed E-state index contributed by atoms with van der Waals surface area (Å²) in [4.78, 5) is 16.5. The molecule has 7 heteroatoms. The van der Waals surface area contributed by atoms with E-state index < -0.39 is 5.97 Å². The lowest BCUT2D eigenvalue weighted by atomic mass is 10.1. The molecule has 0 N–H and O–H groups in total. The van der Waals surface area contributed by atoms with Gasteiger partial charge in [0.25, 0.3) is 0 Å². The third kappa shape index (κ3) is 3.80. The number of esters is 1. The minimum atomic E-state index is -0.539. The minimum Gasteiger partial charge on any atom is -0.497 e. The average molecular weight is 470 g/mol. The van der Waals surface area contributed by atoms with E-state index in [4.69, 9.17) is 25.8 Å². The molecule has 0 radical (unpaired) electrons. The Hall–Kier alpha value is -2.06. The normalized spacial score (nSPS) is 15.1. The van der Waals surface area contributed by atoms with Crippen molar-refractivity contribution in [2.75, 3.05) is 14.2 Å². The number of hydrogen-bond acceptors (Lipinski definition) is 5. The average Bonchev–Trinajstić information content (AvgIpc) is 2.97. The number of halogens is 2. The molecule has 25 heavy (non-hydrogen) atoms. The molecule has 0 aliphatic carbocycles. The number of benzene rings is 2. The van der Waals surface area contributed by atoms with Gasteiger partial charge in [0.1, 0.15) is 11.5 Å². The van der Waals surface area contributed by atoms with Gasteiger partial charge in [0, 0.05) is 15.2 Å². The standard InChI is InChI=1S/C18H13ClINO4/c1-23-12-5-3-10(16(9-12)24-2)7-15-18(22)25-17(21-15)13-8-11(20)4-6-14(13)19/h3-9H,1-2H3. The van der Waals surface area contributed by atoms with E-state index >= 15 is 0 Å². The number of nitrogens with zero attached hydrogens (tertiary/aromatic N) is 1. The van der Waals surface area contributed by atoms with Crippen LogP contribution in [-0.4, -0.2) is 26.1 Å². The number of methoxy groups -OCH3 is 2. The summed E-state index contributed by atoms with van der Waals surface area (Å²) in [5.74, 6) is 0.869. The second kappa shape index (κ2) is 7.45. The number of aliphatic imine (C=N–C) groups is 1. The topological polar surface area (TPSA) is 57.1 Å². The van der Waals surface area contributed by atoms with Crippen LogP contribution in [0.1, 0.15) is 11.1 Å². The van der Waals surface area contributed by atoms with Crippen LogP contribution in [0, 0.1) is 3.57 Å². The van der Waals surface area contributed by atoms with E-state index in [2.05, 4.69) is 27.6 Å². The van der Waals surface area contributed by atoms with Crippen molar-refractivity contribution >= 4 is 52.1 Å². The fourth-order valence-electron chi connectivity index (χ4n) is 2.27. The molecule has 0 fully saturated rings. The Morgan fingerprint density at radius 3 is 2.68 bits per heavy atom. The monoisotopic (exact) mass is 469 g/mol. The highest BCUT2D eigenvalue weighted by molar-refractivity contribution is 14.1. The smallest absolute Gasteiger partial charge is 0.363 e. The number of carbonyl (C=O) groups is 1. The van der Waals surface area contributed by atoms with Crippen molar-refractivity contribution in [1.29, 1.82) is 0 Å². The first kappa shape index (κ1) is 17.8. The van der Waals surface area contributed by atoms with Gasteiger partial charge < -0.3 is 14.2 Å². The van der Waals surface area contributed by atoms with Gasteiger partial charge in [0.05, 0.1) is 24.8 Å². The lowest BCUT2D eigenvalue weighted by Gasteiger charge is -2.07. The van der Waals surface area contributed by atoms with E-state index in [1.54, 1.807) is 44.6 Å². The lowest BCUT2D eigenvalue weighted by Crippen LogP contribution is -2.06. The number of hydrogen-bond donors (Lipinski definition) is 0. The maximum Gasteiger partial charge on any atom is 0.363 e. The molecule has 1 heterocycles. The molecule has 2 aromatic rings.